The summed E-state index contributed by atoms with van der Waals surface area (Å²) in [4.78, 5) is 14.4. The van der Waals surface area contributed by atoms with E-state index in [1.807, 2.05) is 43.6 Å². The van der Waals surface area contributed by atoms with Crippen molar-refractivity contribution in [1.82, 2.24) is 15.0 Å². The van der Waals surface area contributed by atoms with Crippen LogP contribution >= 0.6 is 24.0 Å². The summed E-state index contributed by atoms with van der Waals surface area (Å²) in [5.41, 5.74) is 6.15. The lowest BCUT2D eigenvalue weighted by Gasteiger charge is -2.08. The third kappa shape index (κ3) is 3.34. The molecule has 3 aromatic heterocycles. The summed E-state index contributed by atoms with van der Waals surface area (Å²) in [5, 5.41) is 3.07. The molecule has 0 aliphatic rings. The van der Waals surface area contributed by atoms with Gasteiger partial charge in [0.1, 0.15) is 5.01 Å². The van der Waals surface area contributed by atoms with E-state index >= 15 is 0 Å². The van der Waals surface area contributed by atoms with Crippen molar-refractivity contribution in [3.8, 4) is 33.0 Å². The first-order valence-electron chi connectivity index (χ1n) is 7.83. The van der Waals surface area contributed by atoms with Crippen molar-refractivity contribution in [3.05, 3.63) is 72.1 Å². The molecule has 0 N–H and O–H groups in total. The van der Waals surface area contributed by atoms with Crippen LogP contribution in [0.5, 0.6) is 0 Å². The number of hydrogen-bond acceptors (Lipinski definition) is 5. The second kappa shape index (κ2) is 6.78. The number of rotatable bonds is 3. The molecule has 0 bridgehead atoms. The monoisotopic (exact) mass is 361 g/mol. The summed E-state index contributed by atoms with van der Waals surface area (Å²) in [6.07, 6.45) is 5.45. The molecule has 0 radical (unpaired) electrons. The van der Waals surface area contributed by atoms with Gasteiger partial charge in [-0.3, -0.25) is 9.97 Å². The van der Waals surface area contributed by atoms with E-state index in [-0.39, 0.29) is 0 Å². The second-order valence-electron chi connectivity index (χ2n) is 5.71. The van der Waals surface area contributed by atoms with Crippen LogP contribution in [-0.4, -0.2) is 15.0 Å². The molecule has 1 aromatic carbocycles. The molecule has 0 aliphatic heterocycles. The van der Waals surface area contributed by atoms with Gasteiger partial charge in [0, 0.05) is 56.8 Å². The number of pyridine rings is 2. The molecule has 3 nitrogen and oxygen atoms in total. The number of hydrogen-bond donors (Lipinski definition) is 1. The SMILES string of the molecule is Cc1cc(-c2nc(-c3ccccc3)cs2)c(-c2cncc(S)c2)cn1. The smallest absolute Gasteiger partial charge is 0.124 e. The van der Waals surface area contributed by atoms with E-state index in [1.165, 1.54) is 0 Å². The highest BCUT2D eigenvalue weighted by Crippen LogP contribution is 2.36. The van der Waals surface area contributed by atoms with Crippen LogP contribution in [0.15, 0.2) is 71.3 Å². The zero-order valence-corrected chi connectivity index (χ0v) is 15.3. The van der Waals surface area contributed by atoms with Crippen molar-refractivity contribution in [3.63, 3.8) is 0 Å². The standard InChI is InChI=1S/C20H15N3S2/c1-13-7-17(18(11-22-13)15-8-16(24)10-21-9-15)20-23-19(12-25-20)14-5-3-2-4-6-14/h2-12,24H,1H3. The highest BCUT2D eigenvalue weighted by Gasteiger charge is 2.13. The largest absolute Gasteiger partial charge is 0.263 e. The molecule has 0 saturated carbocycles. The van der Waals surface area contributed by atoms with Gasteiger partial charge in [-0.15, -0.1) is 24.0 Å². The van der Waals surface area contributed by atoms with Crippen LogP contribution in [0.2, 0.25) is 0 Å². The lowest BCUT2D eigenvalue weighted by molar-refractivity contribution is 1.19. The topological polar surface area (TPSA) is 38.7 Å². The minimum Gasteiger partial charge on any atom is -0.263 e. The summed E-state index contributed by atoms with van der Waals surface area (Å²) < 4.78 is 0. The van der Waals surface area contributed by atoms with E-state index in [0.717, 1.165) is 43.5 Å². The van der Waals surface area contributed by atoms with Crippen molar-refractivity contribution >= 4 is 24.0 Å². The molecular formula is C20H15N3S2. The maximum absolute atomic E-state index is 4.85. The van der Waals surface area contributed by atoms with Crippen molar-refractivity contribution in [1.29, 1.82) is 0 Å². The quantitative estimate of drug-likeness (QED) is 0.488. The summed E-state index contributed by atoms with van der Waals surface area (Å²) >= 11 is 6.04. The number of thiol groups is 1. The van der Waals surface area contributed by atoms with Crippen LogP contribution in [-0.2, 0) is 0 Å². The molecule has 0 atom stereocenters. The van der Waals surface area contributed by atoms with E-state index in [0.29, 0.717) is 0 Å². The zero-order valence-electron chi connectivity index (χ0n) is 13.5. The third-order valence-electron chi connectivity index (χ3n) is 3.88. The number of benzene rings is 1. The Bertz CT molecular complexity index is 1030. The molecule has 4 rings (SSSR count). The predicted octanol–water partition coefficient (Wildman–Crippen LogP) is 5.53. The molecule has 0 saturated heterocycles. The van der Waals surface area contributed by atoms with Crippen LogP contribution < -0.4 is 0 Å². The molecule has 25 heavy (non-hydrogen) atoms. The van der Waals surface area contributed by atoms with E-state index in [9.17, 15) is 0 Å². The van der Waals surface area contributed by atoms with Crippen molar-refractivity contribution in [2.45, 2.75) is 11.8 Å². The van der Waals surface area contributed by atoms with Crippen LogP contribution in [0, 0.1) is 6.92 Å². The van der Waals surface area contributed by atoms with E-state index in [1.54, 1.807) is 17.5 Å². The Morgan fingerprint density at radius 1 is 0.920 bits per heavy atom. The van der Waals surface area contributed by atoms with Gasteiger partial charge in [0.2, 0.25) is 0 Å². The summed E-state index contributed by atoms with van der Waals surface area (Å²) in [5.74, 6) is 0. The fourth-order valence-corrected chi connectivity index (χ4v) is 3.75. The van der Waals surface area contributed by atoms with Crippen LogP contribution in [0.3, 0.4) is 0 Å². The highest BCUT2D eigenvalue weighted by molar-refractivity contribution is 7.80. The Balaban J connectivity index is 1.83. The van der Waals surface area contributed by atoms with Crippen molar-refractivity contribution < 1.29 is 0 Å². The minimum atomic E-state index is 0.827. The highest BCUT2D eigenvalue weighted by atomic mass is 32.1. The van der Waals surface area contributed by atoms with Crippen LogP contribution in [0.25, 0.3) is 33.0 Å². The number of thiazole rings is 1. The Morgan fingerprint density at radius 3 is 2.56 bits per heavy atom. The lowest BCUT2D eigenvalue weighted by Crippen LogP contribution is -1.90. The molecule has 5 heteroatoms. The molecule has 3 heterocycles. The first kappa shape index (κ1) is 16.0. The molecule has 0 fully saturated rings. The van der Waals surface area contributed by atoms with Gasteiger partial charge in [0.15, 0.2) is 0 Å². The predicted molar refractivity (Wildman–Crippen MR) is 106 cm³/mol. The van der Waals surface area contributed by atoms with Gasteiger partial charge in [-0.25, -0.2) is 4.98 Å². The zero-order chi connectivity index (χ0) is 17.2. The number of aromatic nitrogens is 3. The lowest BCUT2D eigenvalue weighted by atomic mass is 10.0. The van der Waals surface area contributed by atoms with Gasteiger partial charge in [0.25, 0.3) is 0 Å². The summed E-state index contributed by atoms with van der Waals surface area (Å²) in [7, 11) is 0. The second-order valence-corrected chi connectivity index (χ2v) is 7.08. The fraction of sp³-hybridized carbons (Fsp3) is 0.0500. The Morgan fingerprint density at radius 2 is 1.76 bits per heavy atom. The molecular weight excluding hydrogens is 346 g/mol. The number of nitrogens with zero attached hydrogens (tertiary/aromatic N) is 3. The van der Waals surface area contributed by atoms with Gasteiger partial charge in [-0.05, 0) is 19.1 Å². The van der Waals surface area contributed by atoms with Gasteiger partial charge in [-0.1, -0.05) is 30.3 Å². The maximum atomic E-state index is 4.85. The third-order valence-corrected chi connectivity index (χ3v) is 5.00. The van der Waals surface area contributed by atoms with Gasteiger partial charge < -0.3 is 0 Å². The molecule has 122 valence electrons. The van der Waals surface area contributed by atoms with E-state index < -0.39 is 0 Å². The van der Waals surface area contributed by atoms with Gasteiger partial charge in [-0.2, -0.15) is 0 Å². The molecule has 0 spiro atoms. The normalized spacial score (nSPS) is 10.8. The summed E-state index contributed by atoms with van der Waals surface area (Å²) in [6, 6.07) is 14.3. The Hall–Kier alpha value is -2.50. The fourth-order valence-electron chi connectivity index (χ4n) is 2.68. The minimum absolute atomic E-state index is 0.827. The van der Waals surface area contributed by atoms with E-state index in [2.05, 4.69) is 46.2 Å². The Labute approximate surface area is 155 Å². The first-order valence-corrected chi connectivity index (χ1v) is 9.16. The Kier molecular flexibility index (Phi) is 4.34. The molecule has 4 aromatic rings. The van der Waals surface area contributed by atoms with Gasteiger partial charge >= 0.3 is 0 Å². The van der Waals surface area contributed by atoms with Crippen LogP contribution in [0.1, 0.15) is 5.69 Å². The first-order chi connectivity index (χ1) is 12.2. The molecule has 0 aliphatic carbocycles. The van der Waals surface area contributed by atoms with Crippen LogP contribution in [0.4, 0.5) is 0 Å². The molecule has 0 amide bonds. The van der Waals surface area contributed by atoms with Crippen molar-refractivity contribution in [2.24, 2.45) is 0 Å². The van der Waals surface area contributed by atoms with Gasteiger partial charge in [0.05, 0.1) is 5.69 Å². The van der Waals surface area contributed by atoms with E-state index in [4.69, 9.17) is 4.98 Å². The maximum Gasteiger partial charge on any atom is 0.124 e. The average Bonchev–Trinajstić information content (AvgIpc) is 3.12. The average molecular weight is 361 g/mol. The number of aryl methyl sites for hydroxylation is 1. The summed E-state index contributed by atoms with van der Waals surface area (Å²) in [6.45, 7) is 1.99. The molecule has 0 unspecified atom stereocenters. The van der Waals surface area contributed by atoms with Crippen molar-refractivity contribution in [2.75, 3.05) is 0 Å².